The Morgan fingerprint density at radius 3 is 2.65 bits per heavy atom. The maximum atomic E-state index is 6.00. The van der Waals surface area contributed by atoms with Gasteiger partial charge in [-0.2, -0.15) is 0 Å². The number of guanidine groups is 1. The Hall–Kier alpha value is -1.24. The number of para-hydroxylation sites is 1. The van der Waals surface area contributed by atoms with Gasteiger partial charge in [-0.05, 0) is 25.0 Å². The van der Waals surface area contributed by atoms with E-state index in [2.05, 4.69) is 22.4 Å². The molecule has 2 aromatic rings. The average molecular weight is 427 g/mol. The average Bonchev–Trinajstić information content (AvgIpc) is 2.75. The molecule has 3 N–H and O–H groups in total. The van der Waals surface area contributed by atoms with Crippen molar-refractivity contribution in [2.75, 3.05) is 6.54 Å². The zero-order valence-corrected chi connectivity index (χ0v) is 15.8. The van der Waals surface area contributed by atoms with Gasteiger partial charge < -0.3 is 15.5 Å². The Kier molecular flexibility index (Phi) is 7.20. The van der Waals surface area contributed by atoms with Crippen LogP contribution in [0, 0.1) is 0 Å². The molecule has 0 spiro atoms. The van der Waals surface area contributed by atoms with Gasteiger partial charge in [0, 0.05) is 24.4 Å². The van der Waals surface area contributed by atoms with Crippen LogP contribution in [-0.2, 0) is 6.42 Å². The minimum absolute atomic E-state index is 0. The Bertz CT molecular complexity index is 597. The number of halogens is 1. The summed E-state index contributed by atoms with van der Waals surface area (Å²) in [6.07, 6.45) is 8.48. The van der Waals surface area contributed by atoms with Gasteiger partial charge in [0.2, 0.25) is 0 Å². The second kappa shape index (κ2) is 9.15. The van der Waals surface area contributed by atoms with Crippen LogP contribution in [0.1, 0.15) is 44.3 Å². The van der Waals surface area contributed by atoms with E-state index in [1.54, 1.807) is 0 Å². The number of benzene rings is 1. The third-order valence-corrected chi connectivity index (χ3v) is 4.32. The third kappa shape index (κ3) is 5.41. The number of nitrogens with one attached hydrogen (secondary N) is 1. The lowest BCUT2D eigenvalue weighted by molar-refractivity contribution is 0.528. The van der Waals surface area contributed by atoms with Gasteiger partial charge in [0.1, 0.15) is 11.3 Å². The van der Waals surface area contributed by atoms with Crippen molar-refractivity contribution in [1.82, 2.24) is 5.32 Å². The molecule has 4 nitrogen and oxygen atoms in total. The largest absolute Gasteiger partial charge is 0.461 e. The van der Waals surface area contributed by atoms with Gasteiger partial charge in [-0.25, -0.2) is 0 Å². The first kappa shape index (κ1) is 18.1. The zero-order valence-electron chi connectivity index (χ0n) is 13.5. The van der Waals surface area contributed by atoms with Crippen LogP contribution in [-0.4, -0.2) is 18.5 Å². The molecule has 0 atom stereocenters. The van der Waals surface area contributed by atoms with Crippen molar-refractivity contribution in [3.8, 4) is 0 Å². The van der Waals surface area contributed by atoms with Crippen molar-refractivity contribution in [1.29, 1.82) is 0 Å². The van der Waals surface area contributed by atoms with E-state index in [0.717, 1.165) is 23.2 Å². The summed E-state index contributed by atoms with van der Waals surface area (Å²) in [6.45, 7) is 0.658. The van der Waals surface area contributed by atoms with E-state index in [1.165, 1.54) is 38.5 Å². The monoisotopic (exact) mass is 427 g/mol. The summed E-state index contributed by atoms with van der Waals surface area (Å²) < 4.78 is 5.79. The summed E-state index contributed by atoms with van der Waals surface area (Å²) in [7, 11) is 0. The molecule has 1 aliphatic rings. The minimum atomic E-state index is 0. The SMILES string of the molecule is I.NC(=NCCc1cc2ccccc2o1)NC1CCCCCC1. The fraction of sp³-hybridized carbons (Fsp3) is 0.500. The minimum Gasteiger partial charge on any atom is -0.461 e. The smallest absolute Gasteiger partial charge is 0.188 e. The van der Waals surface area contributed by atoms with Crippen LogP contribution >= 0.6 is 24.0 Å². The van der Waals surface area contributed by atoms with E-state index in [-0.39, 0.29) is 24.0 Å². The summed E-state index contributed by atoms with van der Waals surface area (Å²) in [5.41, 5.74) is 6.94. The molecule has 5 heteroatoms. The fourth-order valence-corrected chi connectivity index (χ4v) is 3.13. The third-order valence-electron chi connectivity index (χ3n) is 4.32. The molecule has 3 rings (SSSR count). The molecular weight excluding hydrogens is 401 g/mol. The van der Waals surface area contributed by atoms with E-state index in [1.807, 2.05) is 18.2 Å². The van der Waals surface area contributed by atoms with Gasteiger partial charge in [0.05, 0.1) is 0 Å². The highest BCUT2D eigenvalue weighted by Crippen LogP contribution is 2.19. The van der Waals surface area contributed by atoms with Crippen LogP contribution < -0.4 is 11.1 Å². The first-order valence-electron chi connectivity index (χ1n) is 8.35. The van der Waals surface area contributed by atoms with Crippen LogP contribution in [0.2, 0.25) is 0 Å². The van der Waals surface area contributed by atoms with Gasteiger partial charge in [-0.15, -0.1) is 24.0 Å². The van der Waals surface area contributed by atoms with Crippen molar-refractivity contribution in [3.05, 3.63) is 36.1 Å². The molecule has 1 aromatic heterocycles. The Morgan fingerprint density at radius 1 is 1.17 bits per heavy atom. The van der Waals surface area contributed by atoms with Crippen LogP contribution in [0.25, 0.3) is 11.0 Å². The molecular formula is C18H26IN3O. The second-order valence-corrected chi connectivity index (χ2v) is 6.10. The lowest BCUT2D eigenvalue weighted by Gasteiger charge is -2.16. The first-order valence-corrected chi connectivity index (χ1v) is 8.35. The van der Waals surface area contributed by atoms with Crippen LogP contribution in [0.5, 0.6) is 0 Å². The zero-order chi connectivity index (χ0) is 15.2. The molecule has 1 aromatic carbocycles. The summed E-state index contributed by atoms with van der Waals surface area (Å²) in [5.74, 6) is 1.54. The molecule has 1 aliphatic carbocycles. The van der Waals surface area contributed by atoms with E-state index in [4.69, 9.17) is 10.2 Å². The number of hydrogen-bond acceptors (Lipinski definition) is 2. The molecule has 0 bridgehead atoms. The fourth-order valence-electron chi connectivity index (χ4n) is 3.13. The lowest BCUT2D eigenvalue weighted by atomic mass is 10.1. The van der Waals surface area contributed by atoms with Crippen molar-refractivity contribution in [2.24, 2.45) is 10.7 Å². The highest BCUT2D eigenvalue weighted by atomic mass is 127. The topological polar surface area (TPSA) is 63.5 Å². The standard InChI is InChI=1S/C18H25N3O.HI/c19-18(21-15-8-3-1-2-4-9-15)20-12-11-16-13-14-7-5-6-10-17(14)22-16;/h5-7,10,13,15H,1-4,8-9,11-12H2,(H3,19,20,21);1H. The maximum Gasteiger partial charge on any atom is 0.188 e. The highest BCUT2D eigenvalue weighted by molar-refractivity contribution is 14.0. The number of furan rings is 1. The first-order chi connectivity index (χ1) is 10.8. The van der Waals surface area contributed by atoms with E-state index in [9.17, 15) is 0 Å². The molecule has 0 aliphatic heterocycles. The molecule has 0 amide bonds. The molecule has 0 unspecified atom stereocenters. The number of nitrogens with two attached hydrogens (primary N) is 1. The normalized spacial score (nSPS) is 16.8. The Balaban J connectivity index is 0.00000192. The number of hydrogen-bond donors (Lipinski definition) is 2. The van der Waals surface area contributed by atoms with E-state index >= 15 is 0 Å². The molecule has 0 radical (unpaired) electrons. The molecule has 126 valence electrons. The summed E-state index contributed by atoms with van der Waals surface area (Å²) in [4.78, 5) is 4.44. The van der Waals surface area contributed by atoms with Gasteiger partial charge in [-0.1, -0.05) is 43.9 Å². The molecule has 1 heterocycles. The highest BCUT2D eigenvalue weighted by Gasteiger charge is 2.12. The van der Waals surface area contributed by atoms with Gasteiger partial charge >= 0.3 is 0 Å². The predicted molar refractivity (Wildman–Crippen MR) is 106 cm³/mol. The lowest BCUT2D eigenvalue weighted by Crippen LogP contribution is -2.40. The Morgan fingerprint density at radius 2 is 1.91 bits per heavy atom. The summed E-state index contributed by atoms with van der Waals surface area (Å²) in [5, 5.41) is 4.51. The number of aliphatic imine (C=N–C) groups is 1. The number of nitrogens with zero attached hydrogens (tertiary/aromatic N) is 1. The van der Waals surface area contributed by atoms with Crippen LogP contribution in [0.15, 0.2) is 39.7 Å². The van der Waals surface area contributed by atoms with Crippen LogP contribution in [0.4, 0.5) is 0 Å². The van der Waals surface area contributed by atoms with Gasteiger partial charge in [0.25, 0.3) is 0 Å². The van der Waals surface area contributed by atoms with Crippen molar-refractivity contribution in [3.63, 3.8) is 0 Å². The molecule has 1 saturated carbocycles. The predicted octanol–water partition coefficient (Wildman–Crippen LogP) is 4.22. The quantitative estimate of drug-likeness (QED) is 0.333. The van der Waals surface area contributed by atoms with Gasteiger partial charge in [0.15, 0.2) is 5.96 Å². The molecule has 23 heavy (non-hydrogen) atoms. The summed E-state index contributed by atoms with van der Waals surface area (Å²) in [6, 6.07) is 10.6. The van der Waals surface area contributed by atoms with Crippen molar-refractivity contribution in [2.45, 2.75) is 51.0 Å². The molecule has 1 fully saturated rings. The number of fused-ring (bicyclic) bond motifs is 1. The van der Waals surface area contributed by atoms with Crippen molar-refractivity contribution >= 4 is 40.9 Å². The van der Waals surface area contributed by atoms with E-state index < -0.39 is 0 Å². The number of rotatable bonds is 4. The second-order valence-electron chi connectivity index (χ2n) is 6.10. The van der Waals surface area contributed by atoms with E-state index in [0.29, 0.717) is 18.5 Å². The Labute approximate surface area is 154 Å². The summed E-state index contributed by atoms with van der Waals surface area (Å²) >= 11 is 0. The maximum absolute atomic E-state index is 6.00. The van der Waals surface area contributed by atoms with Crippen LogP contribution in [0.3, 0.4) is 0 Å². The van der Waals surface area contributed by atoms with Crippen molar-refractivity contribution < 1.29 is 4.42 Å². The van der Waals surface area contributed by atoms with Gasteiger partial charge in [-0.3, -0.25) is 4.99 Å². The molecule has 0 saturated heterocycles.